The number of hydrogen-bond donors (Lipinski definition) is 1. The van der Waals surface area contributed by atoms with Gasteiger partial charge >= 0.3 is 12.4 Å². The van der Waals surface area contributed by atoms with Crippen molar-refractivity contribution in [3.05, 3.63) is 46.7 Å². The van der Waals surface area contributed by atoms with Crippen LogP contribution in [-0.2, 0) is 12.4 Å². The first-order chi connectivity index (χ1) is 11.1. The molecule has 0 radical (unpaired) electrons. The van der Waals surface area contributed by atoms with E-state index in [4.69, 9.17) is 11.6 Å². The lowest BCUT2D eigenvalue weighted by molar-refractivity contribution is -0.141. The van der Waals surface area contributed by atoms with Crippen LogP contribution in [0.4, 0.5) is 26.3 Å². The molecule has 1 aromatic carbocycles. The summed E-state index contributed by atoms with van der Waals surface area (Å²) in [6.07, 6.45) is -8.24. The van der Waals surface area contributed by atoms with Crippen LogP contribution in [0, 0.1) is 0 Å². The molecule has 3 nitrogen and oxygen atoms in total. The van der Waals surface area contributed by atoms with Gasteiger partial charge < -0.3 is 4.98 Å². The SMILES string of the molecule is FC(F)(F)c1cc(Cl)c2nc(-c3ccc(C(F)(F)F)nc3)[nH]c2c1. The number of alkyl halides is 6. The Bertz CT molecular complexity index is 896. The van der Waals surface area contributed by atoms with Gasteiger partial charge in [-0.15, -0.1) is 0 Å². The molecule has 0 unspecified atom stereocenters. The van der Waals surface area contributed by atoms with Crippen LogP contribution in [-0.4, -0.2) is 15.0 Å². The Labute approximate surface area is 135 Å². The quantitative estimate of drug-likeness (QED) is 0.593. The average molecular weight is 366 g/mol. The Hall–Kier alpha value is -2.29. The number of halogens is 7. The van der Waals surface area contributed by atoms with Crippen molar-refractivity contribution < 1.29 is 26.3 Å². The largest absolute Gasteiger partial charge is 0.433 e. The fourth-order valence-corrected chi connectivity index (χ4v) is 2.34. The van der Waals surface area contributed by atoms with Gasteiger partial charge in [0.2, 0.25) is 0 Å². The lowest BCUT2D eigenvalue weighted by atomic mass is 10.2. The number of rotatable bonds is 1. The highest BCUT2D eigenvalue weighted by Gasteiger charge is 2.33. The summed E-state index contributed by atoms with van der Waals surface area (Å²) in [5, 5.41) is -0.220. The van der Waals surface area contributed by atoms with E-state index in [0.717, 1.165) is 30.5 Å². The second-order valence-electron chi connectivity index (χ2n) is 4.87. The summed E-state index contributed by atoms with van der Waals surface area (Å²) >= 11 is 5.81. The number of fused-ring (bicyclic) bond motifs is 1. The molecule has 3 rings (SSSR count). The van der Waals surface area contributed by atoms with Crippen LogP contribution in [0.25, 0.3) is 22.4 Å². The molecule has 126 valence electrons. The molecule has 2 aromatic heterocycles. The van der Waals surface area contributed by atoms with Crippen molar-refractivity contribution in [2.24, 2.45) is 0 Å². The molecule has 0 aliphatic rings. The van der Waals surface area contributed by atoms with Crippen LogP contribution in [0.2, 0.25) is 5.02 Å². The van der Waals surface area contributed by atoms with Gasteiger partial charge in [-0.1, -0.05) is 11.6 Å². The van der Waals surface area contributed by atoms with E-state index in [9.17, 15) is 26.3 Å². The summed E-state index contributed by atoms with van der Waals surface area (Å²) in [4.78, 5) is 9.91. The Morgan fingerprint density at radius 3 is 2.21 bits per heavy atom. The third-order valence-electron chi connectivity index (χ3n) is 3.19. The number of hydrogen-bond acceptors (Lipinski definition) is 2. The first-order valence-corrected chi connectivity index (χ1v) is 6.73. The van der Waals surface area contributed by atoms with Crippen LogP contribution in [0.1, 0.15) is 11.3 Å². The fraction of sp³-hybridized carbons (Fsp3) is 0.143. The third-order valence-corrected chi connectivity index (χ3v) is 3.48. The van der Waals surface area contributed by atoms with Crippen LogP contribution in [0.3, 0.4) is 0 Å². The van der Waals surface area contributed by atoms with Gasteiger partial charge in [-0.05, 0) is 24.3 Å². The smallest absolute Gasteiger partial charge is 0.338 e. The minimum atomic E-state index is -4.59. The first-order valence-electron chi connectivity index (χ1n) is 6.36. The van der Waals surface area contributed by atoms with Gasteiger partial charge in [0.05, 0.1) is 16.1 Å². The molecule has 1 N–H and O–H groups in total. The molecule has 2 heterocycles. The lowest BCUT2D eigenvalue weighted by Crippen LogP contribution is -2.07. The predicted molar refractivity (Wildman–Crippen MR) is 74.3 cm³/mol. The molecule has 0 saturated heterocycles. The van der Waals surface area contributed by atoms with E-state index >= 15 is 0 Å². The number of aromatic amines is 1. The van der Waals surface area contributed by atoms with Gasteiger partial charge in [0, 0.05) is 11.8 Å². The standard InChI is InChI=1S/C14H6ClF6N3/c15-8-3-7(13(16,17)18)4-9-11(8)24-12(23-9)6-1-2-10(22-5-6)14(19,20)21/h1-5H,(H,23,24). The Morgan fingerprint density at radius 1 is 0.958 bits per heavy atom. The highest BCUT2D eigenvalue weighted by Crippen LogP contribution is 2.35. The van der Waals surface area contributed by atoms with Crippen molar-refractivity contribution >= 4 is 22.6 Å². The maximum Gasteiger partial charge on any atom is 0.433 e. The van der Waals surface area contributed by atoms with Crippen molar-refractivity contribution in [2.45, 2.75) is 12.4 Å². The molecule has 0 bridgehead atoms. The first kappa shape index (κ1) is 16.6. The van der Waals surface area contributed by atoms with Crippen molar-refractivity contribution in [1.29, 1.82) is 0 Å². The monoisotopic (exact) mass is 365 g/mol. The number of nitrogens with one attached hydrogen (secondary N) is 1. The molecular weight excluding hydrogens is 360 g/mol. The van der Waals surface area contributed by atoms with E-state index in [-0.39, 0.29) is 27.4 Å². The van der Waals surface area contributed by atoms with E-state index in [2.05, 4.69) is 15.0 Å². The molecule has 0 fully saturated rings. The minimum absolute atomic E-state index is 0.0183. The average Bonchev–Trinajstić information content (AvgIpc) is 2.90. The molecule has 0 aliphatic heterocycles. The molecule has 0 atom stereocenters. The predicted octanol–water partition coefficient (Wildman–Crippen LogP) is 5.32. The van der Waals surface area contributed by atoms with Gasteiger partial charge in [-0.3, -0.25) is 4.98 Å². The second kappa shape index (κ2) is 5.37. The summed E-state index contributed by atoms with van der Waals surface area (Å²) in [6.45, 7) is 0. The number of H-pyrrole nitrogens is 1. The molecule has 0 saturated carbocycles. The molecule has 0 amide bonds. The van der Waals surface area contributed by atoms with Crippen molar-refractivity contribution in [2.75, 3.05) is 0 Å². The summed E-state index contributed by atoms with van der Waals surface area (Å²) < 4.78 is 75.8. The Kier molecular flexibility index (Phi) is 3.71. The van der Waals surface area contributed by atoms with Crippen LogP contribution < -0.4 is 0 Å². The van der Waals surface area contributed by atoms with Gasteiger partial charge in [-0.2, -0.15) is 26.3 Å². The molecule has 10 heteroatoms. The highest BCUT2D eigenvalue weighted by atomic mass is 35.5. The van der Waals surface area contributed by atoms with Crippen LogP contribution in [0.15, 0.2) is 30.5 Å². The maximum atomic E-state index is 12.8. The number of benzene rings is 1. The highest BCUT2D eigenvalue weighted by molar-refractivity contribution is 6.35. The van der Waals surface area contributed by atoms with E-state index in [1.54, 1.807) is 0 Å². The topological polar surface area (TPSA) is 41.6 Å². The van der Waals surface area contributed by atoms with E-state index in [1.165, 1.54) is 0 Å². The molecule has 3 aromatic rings. The van der Waals surface area contributed by atoms with Crippen molar-refractivity contribution in [3.63, 3.8) is 0 Å². The number of pyridine rings is 1. The number of aromatic nitrogens is 3. The fourth-order valence-electron chi connectivity index (χ4n) is 2.08. The molecular formula is C14H6ClF6N3. The summed E-state index contributed by atoms with van der Waals surface area (Å²) in [5.41, 5.74) is -1.76. The Balaban J connectivity index is 2.06. The van der Waals surface area contributed by atoms with Gasteiger partial charge in [0.15, 0.2) is 0 Å². The van der Waals surface area contributed by atoms with Gasteiger partial charge in [0.25, 0.3) is 0 Å². The summed E-state index contributed by atoms with van der Waals surface area (Å²) in [5.74, 6) is 0.0625. The summed E-state index contributed by atoms with van der Waals surface area (Å²) in [6, 6.07) is 3.44. The minimum Gasteiger partial charge on any atom is -0.338 e. The van der Waals surface area contributed by atoms with Crippen molar-refractivity contribution in [3.8, 4) is 11.4 Å². The van der Waals surface area contributed by atoms with E-state index in [1.807, 2.05) is 0 Å². The summed E-state index contributed by atoms with van der Waals surface area (Å²) in [7, 11) is 0. The van der Waals surface area contributed by atoms with Gasteiger partial charge in [-0.25, -0.2) is 4.98 Å². The number of imidazole rings is 1. The van der Waals surface area contributed by atoms with E-state index < -0.39 is 23.6 Å². The van der Waals surface area contributed by atoms with Crippen molar-refractivity contribution in [1.82, 2.24) is 15.0 Å². The van der Waals surface area contributed by atoms with Crippen LogP contribution >= 0.6 is 11.6 Å². The zero-order chi connectivity index (χ0) is 17.7. The zero-order valence-electron chi connectivity index (χ0n) is 11.4. The second-order valence-corrected chi connectivity index (χ2v) is 5.27. The lowest BCUT2D eigenvalue weighted by Gasteiger charge is -2.06. The zero-order valence-corrected chi connectivity index (χ0v) is 12.2. The van der Waals surface area contributed by atoms with Crippen LogP contribution in [0.5, 0.6) is 0 Å². The molecule has 24 heavy (non-hydrogen) atoms. The molecule has 0 spiro atoms. The number of nitrogens with zero attached hydrogens (tertiary/aromatic N) is 2. The van der Waals surface area contributed by atoms with Gasteiger partial charge in [0.1, 0.15) is 17.0 Å². The Morgan fingerprint density at radius 2 is 1.67 bits per heavy atom. The third kappa shape index (κ3) is 3.03. The maximum absolute atomic E-state index is 12.8. The normalized spacial score (nSPS) is 12.8. The van der Waals surface area contributed by atoms with E-state index in [0.29, 0.717) is 0 Å². The molecule has 0 aliphatic carbocycles.